The number of rotatable bonds is 11. The van der Waals surface area contributed by atoms with Crippen molar-refractivity contribution in [3.8, 4) is 0 Å². The Balaban J connectivity index is 2.48. The van der Waals surface area contributed by atoms with Crippen LogP contribution in [0.15, 0.2) is 54.5 Å². The highest BCUT2D eigenvalue weighted by Crippen LogP contribution is 2.23. The first-order valence-electron chi connectivity index (χ1n) is 7.56. The molecule has 0 aliphatic carbocycles. The van der Waals surface area contributed by atoms with E-state index >= 15 is 0 Å². The van der Waals surface area contributed by atoms with Gasteiger partial charge >= 0.3 is 0 Å². The molecule has 0 radical (unpaired) electrons. The van der Waals surface area contributed by atoms with E-state index in [9.17, 15) is 5.11 Å². The number of nitrogens with zero attached hydrogens (tertiary/aromatic N) is 1. The molecular weight excluding hydrogens is 278 g/mol. The van der Waals surface area contributed by atoms with Crippen LogP contribution in [0.3, 0.4) is 0 Å². The van der Waals surface area contributed by atoms with E-state index in [1.54, 1.807) is 0 Å². The SMILES string of the molecule is C=CCN(CC=C)CCC(O)c1ccc(SCCC)cc1. The van der Waals surface area contributed by atoms with Crippen LogP contribution in [-0.2, 0) is 0 Å². The van der Waals surface area contributed by atoms with Crippen molar-refractivity contribution in [1.82, 2.24) is 4.90 Å². The molecule has 0 aliphatic heterocycles. The molecule has 0 fully saturated rings. The number of aliphatic hydroxyl groups excluding tert-OH is 1. The summed E-state index contributed by atoms with van der Waals surface area (Å²) < 4.78 is 0. The zero-order valence-corrected chi connectivity index (χ0v) is 13.8. The second-order valence-corrected chi connectivity index (χ2v) is 6.23. The minimum atomic E-state index is -0.410. The van der Waals surface area contributed by atoms with Gasteiger partial charge in [0.05, 0.1) is 6.10 Å². The lowest BCUT2D eigenvalue weighted by atomic mass is 10.1. The predicted molar refractivity (Wildman–Crippen MR) is 93.9 cm³/mol. The monoisotopic (exact) mass is 305 g/mol. The Kier molecular flexibility index (Phi) is 9.15. The Labute approximate surface area is 133 Å². The normalized spacial score (nSPS) is 12.3. The van der Waals surface area contributed by atoms with E-state index in [0.717, 1.165) is 37.4 Å². The average molecular weight is 305 g/mol. The minimum absolute atomic E-state index is 0.410. The quantitative estimate of drug-likeness (QED) is 0.487. The summed E-state index contributed by atoms with van der Waals surface area (Å²) in [5, 5.41) is 10.3. The summed E-state index contributed by atoms with van der Waals surface area (Å²) in [6, 6.07) is 8.27. The van der Waals surface area contributed by atoms with Crippen LogP contribution in [0.2, 0.25) is 0 Å². The highest BCUT2D eigenvalue weighted by Gasteiger charge is 2.10. The largest absolute Gasteiger partial charge is 0.388 e. The van der Waals surface area contributed by atoms with Crippen molar-refractivity contribution in [2.75, 3.05) is 25.4 Å². The fraction of sp³-hybridized carbons (Fsp3) is 0.444. The van der Waals surface area contributed by atoms with E-state index in [4.69, 9.17) is 0 Å². The molecule has 0 heterocycles. The summed E-state index contributed by atoms with van der Waals surface area (Å²) in [6.45, 7) is 12.2. The molecule has 116 valence electrons. The summed E-state index contributed by atoms with van der Waals surface area (Å²) in [5.74, 6) is 1.14. The molecule has 21 heavy (non-hydrogen) atoms. The van der Waals surface area contributed by atoms with Gasteiger partial charge < -0.3 is 5.11 Å². The van der Waals surface area contributed by atoms with Crippen molar-refractivity contribution in [3.05, 3.63) is 55.1 Å². The molecule has 0 spiro atoms. The molecular formula is C18H27NOS. The molecule has 1 aromatic carbocycles. The minimum Gasteiger partial charge on any atom is -0.388 e. The first-order chi connectivity index (χ1) is 10.2. The summed E-state index contributed by atoms with van der Waals surface area (Å²) in [7, 11) is 0. The van der Waals surface area contributed by atoms with Gasteiger partial charge in [0.1, 0.15) is 0 Å². The highest BCUT2D eigenvalue weighted by atomic mass is 32.2. The van der Waals surface area contributed by atoms with Crippen molar-refractivity contribution >= 4 is 11.8 Å². The molecule has 1 N–H and O–H groups in total. The number of thioether (sulfide) groups is 1. The molecule has 0 saturated heterocycles. The molecule has 2 nitrogen and oxygen atoms in total. The third-order valence-electron chi connectivity index (χ3n) is 3.23. The Hall–Kier alpha value is -1.03. The third kappa shape index (κ3) is 6.98. The van der Waals surface area contributed by atoms with E-state index in [2.05, 4.69) is 37.1 Å². The molecule has 1 atom stereocenters. The van der Waals surface area contributed by atoms with Gasteiger partial charge in [0.15, 0.2) is 0 Å². The molecule has 0 aromatic heterocycles. The van der Waals surface area contributed by atoms with Crippen LogP contribution in [0, 0.1) is 0 Å². The van der Waals surface area contributed by atoms with Crippen LogP contribution in [-0.4, -0.2) is 35.4 Å². The molecule has 0 amide bonds. The lowest BCUT2D eigenvalue weighted by Gasteiger charge is -2.20. The molecule has 1 rings (SSSR count). The second-order valence-electron chi connectivity index (χ2n) is 5.06. The fourth-order valence-corrected chi connectivity index (χ4v) is 2.87. The average Bonchev–Trinajstić information content (AvgIpc) is 2.51. The predicted octanol–water partition coefficient (Wildman–Crippen LogP) is 4.29. The highest BCUT2D eigenvalue weighted by molar-refractivity contribution is 7.99. The smallest absolute Gasteiger partial charge is 0.0802 e. The number of aliphatic hydroxyl groups is 1. The molecule has 3 heteroatoms. The van der Waals surface area contributed by atoms with Gasteiger partial charge in [0.2, 0.25) is 0 Å². The van der Waals surface area contributed by atoms with Crippen molar-refractivity contribution in [2.24, 2.45) is 0 Å². The van der Waals surface area contributed by atoms with Crippen LogP contribution >= 0.6 is 11.8 Å². The van der Waals surface area contributed by atoms with Gasteiger partial charge in [-0.1, -0.05) is 31.2 Å². The maximum absolute atomic E-state index is 10.3. The first-order valence-corrected chi connectivity index (χ1v) is 8.54. The van der Waals surface area contributed by atoms with Crippen LogP contribution in [0.25, 0.3) is 0 Å². The lowest BCUT2D eigenvalue weighted by molar-refractivity contribution is 0.148. The molecule has 0 aliphatic rings. The number of hydrogen-bond acceptors (Lipinski definition) is 3. The van der Waals surface area contributed by atoms with Gasteiger partial charge in [-0.25, -0.2) is 0 Å². The zero-order valence-electron chi connectivity index (χ0n) is 13.0. The van der Waals surface area contributed by atoms with Gasteiger partial charge in [0.25, 0.3) is 0 Å². The van der Waals surface area contributed by atoms with Crippen LogP contribution in [0.4, 0.5) is 0 Å². The van der Waals surface area contributed by atoms with E-state index in [1.165, 1.54) is 11.3 Å². The Bertz CT molecular complexity index is 406. The van der Waals surface area contributed by atoms with Crippen LogP contribution < -0.4 is 0 Å². The van der Waals surface area contributed by atoms with Gasteiger partial charge in [-0.15, -0.1) is 24.9 Å². The molecule has 1 unspecified atom stereocenters. The van der Waals surface area contributed by atoms with Crippen molar-refractivity contribution < 1.29 is 5.11 Å². The third-order valence-corrected chi connectivity index (χ3v) is 4.45. The maximum atomic E-state index is 10.3. The van der Waals surface area contributed by atoms with E-state index in [0.29, 0.717) is 0 Å². The van der Waals surface area contributed by atoms with E-state index in [-0.39, 0.29) is 0 Å². The standard InChI is InChI=1S/C18H27NOS/c1-4-12-19(13-5-2)14-11-18(20)16-7-9-17(10-8-16)21-15-6-3/h4-5,7-10,18,20H,1-2,6,11-15H2,3H3. The van der Waals surface area contributed by atoms with Crippen LogP contribution in [0.5, 0.6) is 0 Å². The van der Waals surface area contributed by atoms with E-state index < -0.39 is 6.10 Å². The van der Waals surface area contributed by atoms with Gasteiger partial charge in [0, 0.05) is 24.5 Å². The van der Waals surface area contributed by atoms with Crippen molar-refractivity contribution in [1.29, 1.82) is 0 Å². The van der Waals surface area contributed by atoms with Gasteiger partial charge in [-0.3, -0.25) is 4.90 Å². The summed E-state index contributed by atoms with van der Waals surface area (Å²) in [6.07, 6.45) is 5.26. The zero-order chi connectivity index (χ0) is 15.5. The van der Waals surface area contributed by atoms with E-state index in [1.807, 2.05) is 36.0 Å². The van der Waals surface area contributed by atoms with Crippen LogP contribution in [0.1, 0.15) is 31.4 Å². The summed E-state index contributed by atoms with van der Waals surface area (Å²) in [4.78, 5) is 3.49. The summed E-state index contributed by atoms with van der Waals surface area (Å²) in [5.41, 5.74) is 0.994. The van der Waals surface area contributed by atoms with Crippen molar-refractivity contribution in [3.63, 3.8) is 0 Å². The topological polar surface area (TPSA) is 23.5 Å². The fourth-order valence-electron chi connectivity index (χ4n) is 2.10. The Morgan fingerprint density at radius 3 is 2.33 bits per heavy atom. The first kappa shape index (κ1) is 18.0. The van der Waals surface area contributed by atoms with Gasteiger partial charge in [-0.2, -0.15) is 0 Å². The molecule has 0 saturated carbocycles. The Morgan fingerprint density at radius 2 is 1.81 bits per heavy atom. The maximum Gasteiger partial charge on any atom is 0.0802 e. The van der Waals surface area contributed by atoms with Crippen molar-refractivity contribution in [2.45, 2.75) is 30.8 Å². The lowest BCUT2D eigenvalue weighted by Crippen LogP contribution is -2.26. The second kappa shape index (κ2) is 10.7. The number of hydrogen-bond donors (Lipinski definition) is 1. The summed E-state index contributed by atoms with van der Waals surface area (Å²) >= 11 is 1.86. The number of benzene rings is 1. The molecule has 1 aromatic rings. The Morgan fingerprint density at radius 1 is 1.19 bits per heavy atom. The van der Waals surface area contributed by atoms with Gasteiger partial charge in [-0.05, 0) is 36.3 Å². The molecule has 0 bridgehead atoms.